The molecule has 2 N–H and O–H groups in total. The second-order valence-electron chi connectivity index (χ2n) is 6.49. The lowest BCUT2D eigenvalue weighted by Crippen LogP contribution is -2.38. The van der Waals surface area contributed by atoms with Gasteiger partial charge in [0.2, 0.25) is 0 Å². The molecular formula is C19H23NO4. The molecule has 1 unspecified atom stereocenters. The van der Waals surface area contributed by atoms with Gasteiger partial charge < -0.3 is 19.6 Å². The molecule has 1 atom stereocenters. The van der Waals surface area contributed by atoms with E-state index in [1.807, 2.05) is 12.1 Å². The van der Waals surface area contributed by atoms with Gasteiger partial charge in [-0.15, -0.1) is 0 Å². The van der Waals surface area contributed by atoms with E-state index in [-0.39, 0.29) is 18.6 Å². The Kier molecular flexibility index (Phi) is 4.90. The van der Waals surface area contributed by atoms with Gasteiger partial charge in [-0.2, -0.15) is 0 Å². The zero-order chi connectivity index (χ0) is 17.0. The van der Waals surface area contributed by atoms with E-state index in [0.717, 1.165) is 12.8 Å². The summed E-state index contributed by atoms with van der Waals surface area (Å²) in [7, 11) is 0. The van der Waals surface area contributed by atoms with Crippen molar-refractivity contribution in [1.82, 2.24) is 5.32 Å². The molecule has 1 aromatic carbocycles. The number of hydrogen-bond donors (Lipinski definition) is 2. The minimum Gasteiger partial charge on any atom is -0.490 e. The van der Waals surface area contributed by atoms with E-state index < -0.39 is 5.60 Å². The van der Waals surface area contributed by atoms with Gasteiger partial charge in [0.1, 0.15) is 17.1 Å². The van der Waals surface area contributed by atoms with Gasteiger partial charge in [-0.25, -0.2) is 0 Å². The van der Waals surface area contributed by atoms with Crippen molar-refractivity contribution >= 4 is 5.91 Å². The number of ether oxygens (including phenoxy) is 1. The predicted octanol–water partition coefficient (Wildman–Crippen LogP) is 3.24. The standard InChI is InChI=1S/C19H23NO4/c1-19(22,17-10-5-11-23-17)13-20-18(21)14-6-4-9-16(12-14)24-15-7-2-3-8-15/h4-6,9-12,15,22H,2-3,7-8,13H2,1H3,(H,20,21). The summed E-state index contributed by atoms with van der Waals surface area (Å²) in [4.78, 5) is 12.3. The van der Waals surface area contributed by atoms with Crippen LogP contribution in [0.4, 0.5) is 0 Å². The minimum absolute atomic E-state index is 0.0626. The third-order valence-corrected chi connectivity index (χ3v) is 4.35. The topological polar surface area (TPSA) is 71.7 Å². The highest BCUT2D eigenvalue weighted by atomic mass is 16.5. The van der Waals surface area contributed by atoms with Crippen LogP contribution in [-0.2, 0) is 5.60 Å². The second kappa shape index (κ2) is 7.09. The van der Waals surface area contributed by atoms with E-state index >= 15 is 0 Å². The first kappa shape index (κ1) is 16.6. The molecule has 0 bridgehead atoms. The molecule has 128 valence electrons. The van der Waals surface area contributed by atoms with Gasteiger partial charge in [0, 0.05) is 5.56 Å². The van der Waals surface area contributed by atoms with Crippen LogP contribution in [0.1, 0.15) is 48.7 Å². The van der Waals surface area contributed by atoms with Gasteiger partial charge >= 0.3 is 0 Å². The van der Waals surface area contributed by atoms with Crippen molar-refractivity contribution in [3.63, 3.8) is 0 Å². The average Bonchev–Trinajstić information content (AvgIpc) is 3.26. The average molecular weight is 329 g/mol. The molecule has 0 saturated heterocycles. The number of amides is 1. The molecule has 1 aliphatic carbocycles. The first-order valence-electron chi connectivity index (χ1n) is 8.36. The quantitative estimate of drug-likeness (QED) is 0.853. The normalized spacial score (nSPS) is 17.4. The largest absolute Gasteiger partial charge is 0.490 e. The van der Waals surface area contributed by atoms with E-state index in [4.69, 9.17) is 9.15 Å². The maximum Gasteiger partial charge on any atom is 0.251 e. The summed E-state index contributed by atoms with van der Waals surface area (Å²) in [5.74, 6) is 0.882. The Labute approximate surface area is 141 Å². The lowest BCUT2D eigenvalue weighted by atomic mass is 10.0. The fourth-order valence-electron chi connectivity index (χ4n) is 2.94. The third kappa shape index (κ3) is 3.97. The van der Waals surface area contributed by atoms with Crippen LogP contribution in [0.5, 0.6) is 5.75 Å². The summed E-state index contributed by atoms with van der Waals surface area (Å²) in [6, 6.07) is 10.5. The van der Waals surface area contributed by atoms with Gasteiger partial charge in [0.25, 0.3) is 5.91 Å². The number of carbonyl (C=O) groups is 1. The summed E-state index contributed by atoms with van der Waals surface area (Å²) >= 11 is 0. The summed E-state index contributed by atoms with van der Waals surface area (Å²) < 4.78 is 11.1. The number of nitrogens with one attached hydrogen (secondary N) is 1. The Morgan fingerprint density at radius 3 is 2.83 bits per heavy atom. The first-order chi connectivity index (χ1) is 11.5. The second-order valence-corrected chi connectivity index (χ2v) is 6.49. The van der Waals surface area contributed by atoms with Crippen molar-refractivity contribution < 1.29 is 19.1 Å². The number of carbonyl (C=O) groups excluding carboxylic acids is 1. The summed E-state index contributed by atoms with van der Waals surface area (Å²) in [5.41, 5.74) is -0.738. The molecule has 1 fully saturated rings. The molecule has 1 heterocycles. The SMILES string of the molecule is CC(O)(CNC(=O)c1cccc(OC2CCCC2)c1)c1ccco1. The van der Waals surface area contributed by atoms with Crippen LogP contribution >= 0.6 is 0 Å². The Balaban J connectivity index is 1.60. The molecule has 5 nitrogen and oxygen atoms in total. The van der Waals surface area contributed by atoms with Gasteiger partial charge in [-0.05, 0) is 62.9 Å². The molecule has 2 aromatic rings. The number of aliphatic hydroxyl groups is 1. The van der Waals surface area contributed by atoms with Gasteiger partial charge in [-0.3, -0.25) is 4.79 Å². The van der Waals surface area contributed by atoms with Crippen molar-refractivity contribution in [2.75, 3.05) is 6.54 Å². The number of rotatable bonds is 6. The minimum atomic E-state index is -1.25. The van der Waals surface area contributed by atoms with Crippen molar-refractivity contribution in [1.29, 1.82) is 0 Å². The molecule has 24 heavy (non-hydrogen) atoms. The van der Waals surface area contributed by atoms with Gasteiger partial charge in [0.15, 0.2) is 0 Å². The van der Waals surface area contributed by atoms with Gasteiger partial charge in [-0.1, -0.05) is 6.07 Å². The molecule has 1 aliphatic rings. The van der Waals surface area contributed by atoms with E-state index in [0.29, 0.717) is 17.1 Å². The van der Waals surface area contributed by atoms with Crippen LogP contribution in [0.15, 0.2) is 47.1 Å². The monoisotopic (exact) mass is 329 g/mol. The fourth-order valence-corrected chi connectivity index (χ4v) is 2.94. The van der Waals surface area contributed by atoms with Crippen molar-refractivity contribution in [2.24, 2.45) is 0 Å². The van der Waals surface area contributed by atoms with Crippen molar-refractivity contribution in [2.45, 2.75) is 44.3 Å². The van der Waals surface area contributed by atoms with Crippen molar-refractivity contribution in [3.05, 3.63) is 54.0 Å². The fraction of sp³-hybridized carbons (Fsp3) is 0.421. The Bertz CT molecular complexity index is 672. The maximum absolute atomic E-state index is 12.3. The van der Waals surface area contributed by atoms with Crippen LogP contribution in [0.2, 0.25) is 0 Å². The van der Waals surface area contributed by atoms with Crippen LogP contribution in [-0.4, -0.2) is 23.7 Å². The molecule has 1 saturated carbocycles. The molecule has 3 rings (SSSR count). The predicted molar refractivity (Wildman–Crippen MR) is 89.9 cm³/mol. The van der Waals surface area contributed by atoms with Crippen LogP contribution < -0.4 is 10.1 Å². The highest BCUT2D eigenvalue weighted by Gasteiger charge is 2.27. The Morgan fingerprint density at radius 1 is 1.33 bits per heavy atom. The molecule has 0 radical (unpaired) electrons. The molecule has 5 heteroatoms. The third-order valence-electron chi connectivity index (χ3n) is 4.35. The van der Waals surface area contributed by atoms with E-state index in [1.165, 1.54) is 19.1 Å². The molecule has 0 aliphatic heterocycles. The zero-order valence-electron chi connectivity index (χ0n) is 13.8. The zero-order valence-corrected chi connectivity index (χ0v) is 13.8. The molecule has 1 aromatic heterocycles. The molecule has 1 amide bonds. The Hall–Kier alpha value is -2.27. The highest BCUT2D eigenvalue weighted by molar-refractivity contribution is 5.94. The number of hydrogen-bond acceptors (Lipinski definition) is 4. The van der Waals surface area contributed by atoms with Crippen LogP contribution in [0.25, 0.3) is 0 Å². The van der Waals surface area contributed by atoms with Crippen LogP contribution in [0.3, 0.4) is 0 Å². The molecular weight excluding hydrogens is 306 g/mol. The maximum atomic E-state index is 12.3. The summed E-state index contributed by atoms with van der Waals surface area (Å²) in [6.07, 6.45) is 6.29. The van der Waals surface area contributed by atoms with E-state index in [9.17, 15) is 9.90 Å². The lowest BCUT2D eigenvalue weighted by molar-refractivity contribution is 0.0330. The van der Waals surface area contributed by atoms with Gasteiger partial charge in [0.05, 0.1) is 18.9 Å². The first-order valence-corrected chi connectivity index (χ1v) is 8.36. The smallest absolute Gasteiger partial charge is 0.251 e. The van der Waals surface area contributed by atoms with E-state index in [2.05, 4.69) is 5.32 Å². The van der Waals surface area contributed by atoms with E-state index in [1.54, 1.807) is 31.2 Å². The Morgan fingerprint density at radius 2 is 2.12 bits per heavy atom. The number of benzene rings is 1. The highest BCUT2D eigenvalue weighted by Crippen LogP contribution is 2.25. The lowest BCUT2D eigenvalue weighted by Gasteiger charge is -2.21. The summed E-state index contributed by atoms with van der Waals surface area (Å²) in [5, 5.41) is 13.1. The van der Waals surface area contributed by atoms with Crippen molar-refractivity contribution in [3.8, 4) is 5.75 Å². The van der Waals surface area contributed by atoms with Crippen LogP contribution in [0, 0.1) is 0 Å². The summed E-state index contributed by atoms with van der Waals surface area (Å²) in [6.45, 7) is 1.67. The molecule has 0 spiro atoms. The number of furan rings is 1.